The molecule has 0 bridgehead atoms. The highest BCUT2D eigenvalue weighted by Crippen LogP contribution is 2.36. The van der Waals surface area contributed by atoms with E-state index in [9.17, 15) is 22.8 Å². The zero-order valence-electron chi connectivity index (χ0n) is 20.8. The van der Waals surface area contributed by atoms with Crippen LogP contribution in [0.1, 0.15) is 16.7 Å². The summed E-state index contributed by atoms with van der Waals surface area (Å²) in [5, 5.41) is 2.78. The molecule has 0 radical (unpaired) electrons. The largest absolute Gasteiger partial charge is 0.497 e. The molecule has 1 N–H and O–H groups in total. The standard InChI is InChI=1S/C26H24F3N5O4/c1-5-19(35)8-15-6-7-17(26(27,28)29)9-22(15)31-24-30-13-16-14-34(25(36)33(2)23(16)32-24)18-10-20(37-3)12-21(11-18)38-4/h5-7,9-13H,1,8,14H2,2-4H3,(H,30,31,32). The van der Waals surface area contributed by atoms with E-state index in [2.05, 4.69) is 21.9 Å². The number of rotatable bonds is 8. The normalized spacial score (nSPS) is 13.2. The van der Waals surface area contributed by atoms with Gasteiger partial charge in [0, 0.05) is 49.1 Å². The number of nitrogens with one attached hydrogen (secondary N) is 1. The van der Waals surface area contributed by atoms with E-state index < -0.39 is 17.8 Å². The number of anilines is 4. The maximum Gasteiger partial charge on any atom is 0.416 e. The fourth-order valence-electron chi connectivity index (χ4n) is 3.92. The highest BCUT2D eigenvalue weighted by molar-refractivity contribution is 6.05. The number of hydrogen-bond donors (Lipinski definition) is 1. The molecule has 9 nitrogen and oxygen atoms in total. The van der Waals surface area contributed by atoms with Crippen LogP contribution in [0.4, 0.5) is 41.1 Å². The monoisotopic (exact) mass is 527 g/mol. The highest BCUT2D eigenvalue weighted by Gasteiger charge is 2.33. The Balaban J connectivity index is 1.67. The molecule has 0 atom stereocenters. The Hall–Kier alpha value is -4.61. The number of carbonyl (C=O) groups is 2. The molecule has 0 unspecified atom stereocenters. The minimum Gasteiger partial charge on any atom is -0.497 e. The van der Waals surface area contributed by atoms with E-state index in [0.29, 0.717) is 28.3 Å². The molecule has 4 rings (SSSR count). The van der Waals surface area contributed by atoms with Gasteiger partial charge in [0.15, 0.2) is 5.78 Å². The first-order valence-electron chi connectivity index (χ1n) is 11.3. The molecule has 1 aliphatic rings. The number of halogens is 3. The van der Waals surface area contributed by atoms with Gasteiger partial charge in [-0.1, -0.05) is 12.6 Å². The number of ether oxygens (including phenoxy) is 2. The second-order valence-electron chi connectivity index (χ2n) is 8.38. The molecule has 38 heavy (non-hydrogen) atoms. The predicted molar refractivity (Wildman–Crippen MR) is 135 cm³/mol. The van der Waals surface area contributed by atoms with E-state index in [-0.39, 0.29) is 36.2 Å². The Morgan fingerprint density at radius 3 is 2.45 bits per heavy atom. The van der Waals surface area contributed by atoms with Gasteiger partial charge in [-0.05, 0) is 23.8 Å². The van der Waals surface area contributed by atoms with Gasteiger partial charge in [-0.25, -0.2) is 9.78 Å². The number of fused-ring (bicyclic) bond motifs is 1. The van der Waals surface area contributed by atoms with Gasteiger partial charge >= 0.3 is 12.2 Å². The van der Waals surface area contributed by atoms with Crippen molar-refractivity contribution < 1.29 is 32.2 Å². The number of carbonyl (C=O) groups excluding carboxylic acids is 2. The third-order valence-corrected chi connectivity index (χ3v) is 5.93. The molecule has 3 aromatic rings. The number of ketones is 1. The third-order valence-electron chi connectivity index (χ3n) is 5.93. The van der Waals surface area contributed by atoms with Crippen molar-refractivity contribution in [2.75, 3.05) is 36.4 Å². The molecule has 0 saturated heterocycles. The van der Waals surface area contributed by atoms with Gasteiger partial charge in [0.1, 0.15) is 17.3 Å². The molecule has 2 amide bonds. The van der Waals surface area contributed by atoms with Crippen LogP contribution in [0, 0.1) is 0 Å². The van der Waals surface area contributed by atoms with Gasteiger partial charge in [-0.15, -0.1) is 0 Å². The molecule has 2 aromatic carbocycles. The number of aromatic nitrogens is 2. The Morgan fingerprint density at radius 2 is 1.84 bits per heavy atom. The van der Waals surface area contributed by atoms with Gasteiger partial charge in [0.25, 0.3) is 0 Å². The first-order chi connectivity index (χ1) is 18.0. The molecule has 2 heterocycles. The number of amides is 2. The lowest BCUT2D eigenvalue weighted by Crippen LogP contribution is -2.46. The summed E-state index contributed by atoms with van der Waals surface area (Å²) < 4.78 is 50.7. The average molecular weight is 528 g/mol. The van der Waals surface area contributed by atoms with Crippen molar-refractivity contribution in [1.29, 1.82) is 0 Å². The lowest BCUT2D eigenvalue weighted by Gasteiger charge is -2.34. The van der Waals surface area contributed by atoms with Gasteiger partial charge in [-0.2, -0.15) is 18.2 Å². The summed E-state index contributed by atoms with van der Waals surface area (Å²) in [6.07, 6.45) is -2.17. The summed E-state index contributed by atoms with van der Waals surface area (Å²) in [5.74, 6) is 0.894. The lowest BCUT2D eigenvalue weighted by atomic mass is 10.0. The SMILES string of the molecule is C=CC(=O)Cc1ccc(C(F)(F)F)cc1Nc1ncc2c(n1)N(C)C(=O)N(c1cc(OC)cc(OC)c1)C2. The van der Waals surface area contributed by atoms with Crippen LogP contribution in [0.5, 0.6) is 11.5 Å². The smallest absolute Gasteiger partial charge is 0.416 e. The molecule has 1 aromatic heterocycles. The van der Waals surface area contributed by atoms with E-state index in [1.54, 1.807) is 18.2 Å². The van der Waals surface area contributed by atoms with E-state index in [0.717, 1.165) is 18.2 Å². The van der Waals surface area contributed by atoms with Crippen LogP contribution in [0.15, 0.2) is 55.3 Å². The Bertz CT molecular complexity index is 1390. The second kappa shape index (κ2) is 10.4. The fraction of sp³-hybridized carbons (Fsp3) is 0.231. The summed E-state index contributed by atoms with van der Waals surface area (Å²) in [4.78, 5) is 36.6. The molecule has 12 heteroatoms. The molecular formula is C26H24F3N5O4. The zero-order valence-corrected chi connectivity index (χ0v) is 20.8. The second-order valence-corrected chi connectivity index (χ2v) is 8.38. The van der Waals surface area contributed by atoms with Gasteiger partial charge in [-0.3, -0.25) is 14.6 Å². The lowest BCUT2D eigenvalue weighted by molar-refractivity contribution is -0.137. The maximum atomic E-state index is 13.4. The van der Waals surface area contributed by atoms with Crippen LogP contribution < -0.4 is 24.6 Å². The summed E-state index contributed by atoms with van der Waals surface area (Å²) >= 11 is 0. The van der Waals surface area contributed by atoms with Crippen molar-refractivity contribution >= 4 is 35.0 Å². The van der Waals surface area contributed by atoms with E-state index in [4.69, 9.17) is 9.47 Å². The third kappa shape index (κ3) is 5.38. The maximum absolute atomic E-state index is 13.4. The van der Waals surface area contributed by atoms with Crippen LogP contribution in [-0.4, -0.2) is 43.0 Å². The topological polar surface area (TPSA) is 96.9 Å². The zero-order chi connectivity index (χ0) is 27.6. The Kier molecular flexibility index (Phi) is 7.24. The van der Waals surface area contributed by atoms with Gasteiger partial charge < -0.3 is 14.8 Å². The van der Waals surface area contributed by atoms with Crippen molar-refractivity contribution in [3.05, 3.63) is 71.9 Å². The van der Waals surface area contributed by atoms with Crippen LogP contribution >= 0.6 is 0 Å². The van der Waals surface area contributed by atoms with E-state index in [1.807, 2.05) is 0 Å². The van der Waals surface area contributed by atoms with Crippen molar-refractivity contribution in [1.82, 2.24) is 9.97 Å². The number of nitrogens with zero attached hydrogens (tertiary/aromatic N) is 4. The molecular weight excluding hydrogens is 503 g/mol. The summed E-state index contributed by atoms with van der Waals surface area (Å²) in [5.41, 5.74) is 0.568. The molecule has 0 spiro atoms. The number of allylic oxidation sites excluding steroid dienone is 1. The molecule has 0 saturated carbocycles. The fourth-order valence-corrected chi connectivity index (χ4v) is 3.92. The number of methoxy groups -OCH3 is 2. The van der Waals surface area contributed by atoms with Gasteiger partial charge in [0.05, 0.1) is 32.0 Å². The number of benzene rings is 2. The van der Waals surface area contributed by atoms with E-state index in [1.165, 1.54) is 43.3 Å². The van der Waals surface area contributed by atoms with Crippen molar-refractivity contribution in [2.24, 2.45) is 0 Å². The summed E-state index contributed by atoms with van der Waals surface area (Å²) in [6.45, 7) is 3.54. The first kappa shape index (κ1) is 26.5. The number of urea groups is 1. The molecule has 0 fully saturated rings. The summed E-state index contributed by atoms with van der Waals surface area (Å²) in [7, 11) is 4.53. The van der Waals surface area contributed by atoms with Crippen LogP contribution in [-0.2, 0) is 23.9 Å². The van der Waals surface area contributed by atoms with Crippen molar-refractivity contribution in [2.45, 2.75) is 19.1 Å². The predicted octanol–water partition coefficient (Wildman–Crippen LogP) is 5.13. The van der Waals surface area contributed by atoms with Crippen LogP contribution in [0.25, 0.3) is 0 Å². The highest BCUT2D eigenvalue weighted by atomic mass is 19.4. The summed E-state index contributed by atoms with van der Waals surface area (Å²) in [6, 6.07) is 7.68. The van der Waals surface area contributed by atoms with E-state index >= 15 is 0 Å². The minimum atomic E-state index is -4.59. The Morgan fingerprint density at radius 1 is 1.16 bits per heavy atom. The Labute approximate surface area is 216 Å². The van der Waals surface area contributed by atoms with Gasteiger partial charge in [0.2, 0.25) is 5.95 Å². The number of alkyl halides is 3. The molecule has 0 aliphatic carbocycles. The van der Waals surface area contributed by atoms with Crippen LogP contribution in [0.3, 0.4) is 0 Å². The minimum absolute atomic E-state index is 0.0184. The van der Waals surface area contributed by atoms with Crippen molar-refractivity contribution in [3.63, 3.8) is 0 Å². The number of hydrogen-bond acceptors (Lipinski definition) is 7. The first-order valence-corrected chi connectivity index (χ1v) is 11.3. The molecule has 1 aliphatic heterocycles. The molecule has 198 valence electrons. The van der Waals surface area contributed by atoms with Crippen molar-refractivity contribution in [3.8, 4) is 11.5 Å². The quantitative estimate of drug-likeness (QED) is 0.406. The van der Waals surface area contributed by atoms with Crippen LogP contribution in [0.2, 0.25) is 0 Å². The average Bonchev–Trinajstić information content (AvgIpc) is 2.90.